The van der Waals surface area contributed by atoms with Crippen molar-refractivity contribution in [1.29, 1.82) is 0 Å². The van der Waals surface area contributed by atoms with Gasteiger partial charge in [-0.3, -0.25) is 4.79 Å². The minimum absolute atomic E-state index is 0.357. The summed E-state index contributed by atoms with van der Waals surface area (Å²) in [6, 6.07) is 1.70. The largest absolute Gasteiger partial charge is 0.463 e. The van der Waals surface area contributed by atoms with Gasteiger partial charge in [0.15, 0.2) is 6.29 Å². The van der Waals surface area contributed by atoms with Crippen molar-refractivity contribution < 1.29 is 14.3 Å². The molecule has 1 aromatic rings. The molecule has 1 aromatic heterocycles. The van der Waals surface area contributed by atoms with Gasteiger partial charge in [0.2, 0.25) is 0 Å². The summed E-state index contributed by atoms with van der Waals surface area (Å²) in [5.74, 6) is -0.383. The standard InChI is InChI=1S/C11H13NO3/c1-3-15-11(14)5-4-10-6-9(8-13)7-12(10)2/h4-8H,3H2,1-2H3/b5-4+. The van der Waals surface area contributed by atoms with Gasteiger partial charge in [-0.1, -0.05) is 0 Å². The Bertz CT molecular complexity index is 391. The summed E-state index contributed by atoms with van der Waals surface area (Å²) in [6.07, 6.45) is 5.41. The molecule has 0 aliphatic rings. The number of carbonyl (C=O) groups excluding carboxylic acids is 2. The Hall–Kier alpha value is -1.84. The fourth-order valence-corrected chi connectivity index (χ4v) is 1.18. The van der Waals surface area contributed by atoms with Gasteiger partial charge in [0.1, 0.15) is 0 Å². The van der Waals surface area contributed by atoms with Crippen LogP contribution >= 0.6 is 0 Å². The van der Waals surface area contributed by atoms with E-state index in [0.717, 1.165) is 12.0 Å². The van der Waals surface area contributed by atoms with Crippen LogP contribution in [0.5, 0.6) is 0 Å². The molecular weight excluding hydrogens is 194 g/mol. The molecule has 0 aliphatic heterocycles. The number of nitrogens with zero attached hydrogens (tertiary/aromatic N) is 1. The number of aldehydes is 1. The van der Waals surface area contributed by atoms with E-state index in [2.05, 4.69) is 0 Å². The van der Waals surface area contributed by atoms with E-state index in [1.807, 2.05) is 0 Å². The van der Waals surface area contributed by atoms with E-state index < -0.39 is 0 Å². The molecule has 0 amide bonds. The molecule has 0 radical (unpaired) electrons. The number of hydrogen-bond acceptors (Lipinski definition) is 3. The Kier molecular flexibility index (Phi) is 3.85. The fraction of sp³-hybridized carbons (Fsp3) is 0.273. The van der Waals surface area contributed by atoms with Crippen molar-refractivity contribution in [3.05, 3.63) is 29.6 Å². The van der Waals surface area contributed by atoms with Crippen LogP contribution in [-0.2, 0) is 16.6 Å². The van der Waals surface area contributed by atoms with Crippen molar-refractivity contribution in [2.45, 2.75) is 6.92 Å². The van der Waals surface area contributed by atoms with Gasteiger partial charge >= 0.3 is 5.97 Å². The Morgan fingerprint density at radius 3 is 2.87 bits per heavy atom. The van der Waals surface area contributed by atoms with E-state index in [0.29, 0.717) is 12.2 Å². The third-order valence-electron chi connectivity index (χ3n) is 1.88. The molecule has 0 spiro atoms. The molecule has 80 valence electrons. The summed E-state index contributed by atoms with van der Waals surface area (Å²) in [7, 11) is 1.80. The third-order valence-corrected chi connectivity index (χ3v) is 1.88. The van der Waals surface area contributed by atoms with E-state index in [1.54, 1.807) is 36.9 Å². The lowest BCUT2D eigenvalue weighted by Crippen LogP contribution is -1.99. The molecule has 0 bridgehead atoms. The second-order valence-corrected chi connectivity index (χ2v) is 3.01. The molecule has 0 fully saturated rings. The van der Waals surface area contributed by atoms with Crippen LogP contribution in [0.1, 0.15) is 23.0 Å². The van der Waals surface area contributed by atoms with Crippen LogP contribution in [-0.4, -0.2) is 23.4 Å². The molecule has 0 aromatic carbocycles. The molecule has 0 saturated carbocycles. The smallest absolute Gasteiger partial charge is 0.330 e. The highest BCUT2D eigenvalue weighted by molar-refractivity contribution is 5.87. The van der Waals surface area contributed by atoms with Gasteiger partial charge in [0.05, 0.1) is 6.61 Å². The quantitative estimate of drug-likeness (QED) is 0.426. The maximum absolute atomic E-state index is 11.0. The van der Waals surface area contributed by atoms with Crippen molar-refractivity contribution in [1.82, 2.24) is 4.57 Å². The number of rotatable bonds is 4. The summed E-state index contributed by atoms with van der Waals surface area (Å²) >= 11 is 0. The summed E-state index contributed by atoms with van der Waals surface area (Å²) in [4.78, 5) is 21.5. The summed E-state index contributed by atoms with van der Waals surface area (Å²) < 4.78 is 6.50. The molecule has 1 rings (SSSR count). The van der Waals surface area contributed by atoms with Crippen LogP contribution < -0.4 is 0 Å². The number of hydrogen-bond donors (Lipinski definition) is 0. The second kappa shape index (κ2) is 5.14. The average molecular weight is 207 g/mol. The minimum Gasteiger partial charge on any atom is -0.463 e. The van der Waals surface area contributed by atoms with E-state index in [4.69, 9.17) is 4.74 Å². The highest BCUT2D eigenvalue weighted by Gasteiger charge is 2.00. The van der Waals surface area contributed by atoms with Crippen molar-refractivity contribution in [2.75, 3.05) is 6.61 Å². The Balaban J connectivity index is 2.75. The first-order valence-electron chi connectivity index (χ1n) is 4.63. The van der Waals surface area contributed by atoms with Gasteiger partial charge < -0.3 is 9.30 Å². The zero-order valence-corrected chi connectivity index (χ0v) is 8.77. The fourth-order valence-electron chi connectivity index (χ4n) is 1.18. The zero-order valence-electron chi connectivity index (χ0n) is 8.77. The lowest BCUT2D eigenvalue weighted by Gasteiger charge is -1.96. The molecule has 4 heteroatoms. The number of aromatic nitrogens is 1. The van der Waals surface area contributed by atoms with Crippen LogP contribution in [0, 0.1) is 0 Å². The van der Waals surface area contributed by atoms with Gasteiger partial charge in [-0.05, 0) is 19.1 Å². The predicted octanol–water partition coefficient (Wildman–Crippen LogP) is 1.41. The summed E-state index contributed by atoms with van der Waals surface area (Å²) in [5.41, 5.74) is 1.37. The highest BCUT2D eigenvalue weighted by Crippen LogP contribution is 2.07. The van der Waals surface area contributed by atoms with Crippen LogP contribution in [0.15, 0.2) is 18.3 Å². The van der Waals surface area contributed by atoms with Crippen LogP contribution in [0.2, 0.25) is 0 Å². The molecule has 1 heterocycles. The normalized spacial score (nSPS) is 10.5. The Morgan fingerprint density at radius 2 is 2.33 bits per heavy atom. The van der Waals surface area contributed by atoms with Gasteiger partial charge in [0.25, 0.3) is 0 Å². The zero-order chi connectivity index (χ0) is 11.3. The minimum atomic E-state index is -0.383. The number of ether oxygens (including phenoxy) is 1. The first kappa shape index (κ1) is 11.2. The molecule has 0 atom stereocenters. The SMILES string of the molecule is CCOC(=O)/C=C/c1cc(C=O)cn1C. The molecular formula is C11H13NO3. The van der Waals surface area contributed by atoms with E-state index in [-0.39, 0.29) is 5.97 Å². The molecule has 4 nitrogen and oxygen atoms in total. The van der Waals surface area contributed by atoms with Crippen LogP contribution in [0.25, 0.3) is 6.08 Å². The Morgan fingerprint density at radius 1 is 1.60 bits per heavy atom. The average Bonchev–Trinajstić information content (AvgIpc) is 2.57. The molecule has 15 heavy (non-hydrogen) atoms. The number of esters is 1. The van der Waals surface area contributed by atoms with Gasteiger partial charge in [-0.15, -0.1) is 0 Å². The second-order valence-electron chi connectivity index (χ2n) is 3.01. The molecule has 0 aliphatic carbocycles. The van der Waals surface area contributed by atoms with Crippen molar-refractivity contribution in [2.24, 2.45) is 7.05 Å². The predicted molar refractivity (Wildman–Crippen MR) is 56.5 cm³/mol. The first-order chi connectivity index (χ1) is 7.17. The maximum Gasteiger partial charge on any atom is 0.330 e. The van der Waals surface area contributed by atoms with Crippen molar-refractivity contribution >= 4 is 18.3 Å². The van der Waals surface area contributed by atoms with Gasteiger partial charge in [-0.2, -0.15) is 0 Å². The van der Waals surface area contributed by atoms with Gasteiger partial charge in [-0.25, -0.2) is 4.79 Å². The number of carbonyl (C=O) groups is 2. The summed E-state index contributed by atoms with van der Waals surface area (Å²) in [5, 5.41) is 0. The van der Waals surface area contributed by atoms with E-state index >= 15 is 0 Å². The monoisotopic (exact) mass is 207 g/mol. The van der Waals surface area contributed by atoms with Crippen molar-refractivity contribution in [3.8, 4) is 0 Å². The van der Waals surface area contributed by atoms with Gasteiger partial charge in [0, 0.05) is 30.6 Å². The van der Waals surface area contributed by atoms with Crippen LogP contribution in [0.4, 0.5) is 0 Å². The topological polar surface area (TPSA) is 48.3 Å². The lowest BCUT2D eigenvalue weighted by molar-refractivity contribution is -0.137. The van der Waals surface area contributed by atoms with Crippen LogP contribution in [0.3, 0.4) is 0 Å². The van der Waals surface area contributed by atoms with Crippen molar-refractivity contribution in [3.63, 3.8) is 0 Å². The van der Waals surface area contributed by atoms with E-state index in [1.165, 1.54) is 6.08 Å². The highest BCUT2D eigenvalue weighted by atomic mass is 16.5. The molecule has 0 saturated heterocycles. The molecule has 0 unspecified atom stereocenters. The maximum atomic E-state index is 11.0. The number of aryl methyl sites for hydroxylation is 1. The third kappa shape index (κ3) is 3.09. The molecule has 0 N–H and O–H groups in total. The summed E-state index contributed by atoms with van der Waals surface area (Å²) in [6.45, 7) is 2.11. The van der Waals surface area contributed by atoms with E-state index in [9.17, 15) is 9.59 Å². The first-order valence-corrected chi connectivity index (χ1v) is 4.63. The Labute approximate surface area is 88.2 Å². The lowest BCUT2D eigenvalue weighted by atomic mass is 10.3.